The second kappa shape index (κ2) is 9.29. The molecule has 1 saturated heterocycles. The van der Waals surface area contributed by atoms with E-state index >= 15 is 0 Å². The molecule has 1 aliphatic rings. The molecule has 1 N–H and O–H groups in total. The number of benzene rings is 2. The summed E-state index contributed by atoms with van der Waals surface area (Å²) in [5.41, 5.74) is 1.79. The first-order valence-electron chi connectivity index (χ1n) is 9.94. The molecule has 1 atom stereocenters. The number of hydrogen-bond donors (Lipinski definition) is 1. The third-order valence-corrected chi connectivity index (χ3v) is 6.34. The Bertz CT molecular complexity index is 960. The second-order valence-electron chi connectivity index (χ2n) is 7.41. The van der Waals surface area contributed by atoms with Crippen LogP contribution in [0, 0.1) is 11.7 Å². The van der Waals surface area contributed by atoms with E-state index in [2.05, 4.69) is 39.5 Å². The zero-order valence-corrected chi connectivity index (χ0v) is 17.0. The minimum absolute atomic E-state index is 0.132. The van der Waals surface area contributed by atoms with Crippen molar-refractivity contribution in [2.45, 2.75) is 12.8 Å². The quantitative estimate of drug-likeness (QED) is 0.635. The number of thiazole rings is 1. The highest BCUT2D eigenvalue weighted by Crippen LogP contribution is 2.27. The van der Waals surface area contributed by atoms with Crippen LogP contribution in [0.2, 0.25) is 0 Å². The predicted octanol–water partition coefficient (Wildman–Crippen LogP) is 4.24. The molecule has 4 nitrogen and oxygen atoms in total. The van der Waals surface area contributed by atoms with E-state index in [0.29, 0.717) is 27.9 Å². The number of nitrogens with zero attached hydrogens (tertiary/aromatic N) is 2. The zero-order chi connectivity index (χ0) is 20.1. The van der Waals surface area contributed by atoms with Crippen LogP contribution in [-0.2, 0) is 6.42 Å². The number of nitrogens with one attached hydrogen (secondary N) is 1. The number of aromatic nitrogens is 1. The van der Waals surface area contributed by atoms with Crippen LogP contribution in [0.15, 0.2) is 60.8 Å². The summed E-state index contributed by atoms with van der Waals surface area (Å²) >= 11 is 1.22. The summed E-state index contributed by atoms with van der Waals surface area (Å²) in [7, 11) is 0. The van der Waals surface area contributed by atoms with Crippen molar-refractivity contribution < 1.29 is 9.18 Å². The molecule has 0 saturated carbocycles. The molecule has 29 heavy (non-hydrogen) atoms. The van der Waals surface area contributed by atoms with E-state index < -0.39 is 0 Å². The maximum Gasteiger partial charge on any atom is 0.263 e. The standard InChI is InChI=1S/C23H24FN3OS/c24-20-9-5-4-8-19(20)23-26-15-21(29-23)22(28)25-14-18-11-13-27(16-18)12-10-17-6-2-1-3-7-17/h1-9,15,18H,10-14,16H2,(H,25,28). The van der Waals surface area contributed by atoms with Gasteiger partial charge >= 0.3 is 0 Å². The molecule has 1 unspecified atom stereocenters. The van der Waals surface area contributed by atoms with Crippen LogP contribution in [-0.4, -0.2) is 42.0 Å². The molecule has 6 heteroatoms. The van der Waals surface area contributed by atoms with Gasteiger partial charge in [0, 0.05) is 25.2 Å². The Balaban J connectivity index is 1.25. The number of hydrogen-bond acceptors (Lipinski definition) is 4. The summed E-state index contributed by atoms with van der Waals surface area (Å²) in [6, 6.07) is 17.0. The topological polar surface area (TPSA) is 45.2 Å². The van der Waals surface area contributed by atoms with Crippen molar-refractivity contribution in [2.75, 3.05) is 26.2 Å². The van der Waals surface area contributed by atoms with Crippen LogP contribution in [0.1, 0.15) is 21.7 Å². The molecule has 2 aromatic carbocycles. The molecule has 150 valence electrons. The first-order valence-corrected chi connectivity index (χ1v) is 10.8. The minimum Gasteiger partial charge on any atom is -0.351 e. The van der Waals surface area contributed by atoms with Crippen molar-refractivity contribution in [2.24, 2.45) is 5.92 Å². The maximum atomic E-state index is 13.9. The Hall–Kier alpha value is -2.57. The highest BCUT2D eigenvalue weighted by molar-refractivity contribution is 7.16. The number of carbonyl (C=O) groups is 1. The molecule has 0 radical (unpaired) electrons. The highest BCUT2D eigenvalue weighted by atomic mass is 32.1. The second-order valence-corrected chi connectivity index (χ2v) is 8.44. The smallest absolute Gasteiger partial charge is 0.263 e. The lowest BCUT2D eigenvalue weighted by Gasteiger charge is -2.16. The molecule has 4 rings (SSSR count). The van der Waals surface area contributed by atoms with Crippen molar-refractivity contribution in [3.63, 3.8) is 0 Å². The molecular formula is C23H24FN3OS. The van der Waals surface area contributed by atoms with Gasteiger partial charge in [-0.3, -0.25) is 4.79 Å². The van der Waals surface area contributed by atoms with Crippen molar-refractivity contribution in [3.8, 4) is 10.6 Å². The van der Waals surface area contributed by atoms with Gasteiger partial charge in [-0.1, -0.05) is 42.5 Å². The van der Waals surface area contributed by atoms with Crippen LogP contribution in [0.3, 0.4) is 0 Å². The molecule has 3 aromatic rings. The van der Waals surface area contributed by atoms with Crippen molar-refractivity contribution in [1.82, 2.24) is 15.2 Å². The first kappa shape index (κ1) is 19.7. The molecule has 1 amide bonds. The van der Waals surface area contributed by atoms with E-state index in [9.17, 15) is 9.18 Å². The highest BCUT2D eigenvalue weighted by Gasteiger charge is 2.23. The van der Waals surface area contributed by atoms with Gasteiger partial charge in [0.25, 0.3) is 5.91 Å². The zero-order valence-electron chi connectivity index (χ0n) is 16.2. The van der Waals surface area contributed by atoms with Crippen LogP contribution in [0.25, 0.3) is 10.6 Å². The van der Waals surface area contributed by atoms with Crippen LogP contribution in [0.5, 0.6) is 0 Å². The summed E-state index contributed by atoms with van der Waals surface area (Å²) < 4.78 is 13.9. The average molecular weight is 410 g/mol. The van der Waals surface area contributed by atoms with Gasteiger partial charge in [-0.2, -0.15) is 0 Å². The number of likely N-dealkylation sites (tertiary alicyclic amines) is 1. The summed E-state index contributed by atoms with van der Waals surface area (Å²) in [4.78, 5) is 19.7. The van der Waals surface area contributed by atoms with Gasteiger partial charge in [0.2, 0.25) is 0 Å². The van der Waals surface area contributed by atoms with Crippen molar-refractivity contribution >= 4 is 17.2 Å². The van der Waals surface area contributed by atoms with E-state index in [1.807, 2.05) is 6.07 Å². The summed E-state index contributed by atoms with van der Waals surface area (Å²) in [5, 5.41) is 3.55. The lowest BCUT2D eigenvalue weighted by Crippen LogP contribution is -2.31. The van der Waals surface area contributed by atoms with Crippen LogP contribution >= 0.6 is 11.3 Å². The Morgan fingerprint density at radius 1 is 1.17 bits per heavy atom. The Labute approximate surface area is 174 Å². The van der Waals surface area contributed by atoms with Crippen molar-refractivity contribution in [3.05, 3.63) is 77.1 Å². The SMILES string of the molecule is O=C(NCC1CCN(CCc2ccccc2)C1)c1cnc(-c2ccccc2F)s1. The van der Waals surface area contributed by atoms with Crippen LogP contribution in [0.4, 0.5) is 4.39 Å². The average Bonchev–Trinajstić information content (AvgIpc) is 3.41. The van der Waals surface area contributed by atoms with E-state index in [1.165, 1.54) is 29.2 Å². The first-order chi connectivity index (χ1) is 14.2. The van der Waals surface area contributed by atoms with Gasteiger partial charge in [0.1, 0.15) is 15.7 Å². The molecular weight excluding hydrogens is 385 g/mol. The van der Waals surface area contributed by atoms with Gasteiger partial charge in [-0.05, 0) is 43.0 Å². The summed E-state index contributed by atoms with van der Waals surface area (Å²) in [6.45, 7) is 3.80. The van der Waals surface area contributed by atoms with Crippen molar-refractivity contribution in [1.29, 1.82) is 0 Å². The molecule has 0 bridgehead atoms. The Kier molecular flexibility index (Phi) is 6.32. The third kappa shape index (κ3) is 5.08. The maximum absolute atomic E-state index is 13.9. The van der Waals surface area contributed by atoms with Gasteiger partial charge in [0.15, 0.2) is 0 Å². The predicted molar refractivity (Wildman–Crippen MR) is 115 cm³/mol. The molecule has 0 aliphatic carbocycles. The lowest BCUT2D eigenvalue weighted by molar-refractivity contribution is 0.0951. The van der Waals surface area contributed by atoms with E-state index in [4.69, 9.17) is 0 Å². The van der Waals surface area contributed by atoms with E-state index in [-0.39, 0.29) is 11.7 Å². The number of rotatable bonds is 7. The van der Waals surface area contributed by atoms with Gasteiger partial charge in [-0.25, -0.2) is 9.37 Å². The fourth-order valence-corrected chi connectivity index (χ4v) is 4.54. The molecule has 1 aliphatic heterocycles. The van der Waals surface area contributed by atoms with Gasteiger partial charge < -0.3 is 10.2 Å². The van der Waals surface area contributed by atoms with E-state index in [1.54, 1.807) is 18.2 Å². The summed E-state index contributed by atoms with van der Waals surface area (Å²) in [6.07, 6.45) is 3.68. The number of halogens is 1. The lowest BCUT2D eigenvalue weighted by atomic mass is 10.1. The van der Waals surface area contributed by atoms with E-state index in [0.717, 1.165) is 32.5 Å². The largest absolute Gasteiger partial charge is 0.351 e. The monoisotopic (exact) mass is 409 g/mol. The number of amides is 1. The Morgan fingerprint density at radius 3 is 2.79 bits per heavy atom. The normalized spacial score (nSPS) is 16.8. The number of carbonyl (C=O) groups excluding carboxylic acids is 1. The molecule has 0 spiro atoms. The minimum atomic E-state index is -0.324. The van der Waals surface area contributed by atoms with Gasteiger partial charge in [-0.15, -0.1) is 11.3 Å². The molecule has 1 fully saturated rings. The molecule has 2 heterocycles. The van der Waals surface area contributed by atoms with Crippen LogP contribution < -0.4 is 5.32 Å². The Morgan fingerprint density at radius 2 is 1.97 bits per heavy atom. The summed E-state index contributed by atoms with van der Waals surface area (Å²) in [5.74, 6) is 0.0110. The fourth-order valence-electron chi connectivity index (χ4n) is 3.68. The molecule has 1 aromatic heterocycles. The van der Waals surface area contributed by atoms with Gasteiger partial charge in [0.05, 0.1) is 6.20 Å². The fraction of sp³-hybridized carbons (Fsp3) is 0.304. The third-order valence-electron chi connectivity index (χ3n) is 5.31.